The number of anilines is 9. The van der Waals surface area contributed by atoms with Crippen molar-refractivity contribution in [2.24, 2.45) is 5.73 Å². The van der Waals surface area contributed by atoms with Crippen molar-refractivity contribution < 1.29 is 4.74 Å². The van der Waals surface area contributed by atoms with Crippen LogP contribution in [0.1, 0.15) is 72.2 Å². The minimum atomic E-state index is -1.19. The van der Waals surface area contributed by atoms with Gasteiger partial charge in [-0.25, -0.2) is 0 Å². The molecule has 0 aromatic heterocycles. The van der Waals surface area contributed by atoms with Crippen LogP contribution in [0, 0.1) is 0 Å². The first-order valence-electron chi connectivity index (χ1n) is 31.0. The topological polar surface area (TPSA) is 48.2 Å². The van der Waals surface area contributed by atoms with E-state index in [9.17, 15) is 0 Å². The van der Waals surface area contributed by atoms with Crippen molar-refractivity contribution in [3.05, 3.63) is 305 Å². The third kappa shape index (κ3) is 7.43. The average molecular weight is 1160 g/mol. The van der Waals surface area contributed by atoms with Gasteiger partial charge in [-0.2, -0.15) is 0 Å². The monoisotopic (exact) mass is 1160 g/mol. The van der Waals surface area contributed by atoms with Crippen LogP contribution < -0.4 is 57.4 Å². The molecule has 0 aliphatic carbocycles. The van der Waals surface area contributed by atoms with E-state index in [0.29, 0.717) is 22.7 Å². The molecule has 2 unspecified atom stereocenters. The molecule has 2 atom stereocenters. The molecule has 422 valence electrons. The van der Waals surface area contributed by atoms with Crippen molar-refractivity contribution in [2.45, 2.75) is 50.1 Å². The Morgan fingerprint density at radius 2 is 0.923 bits per heavy atom. The molecule has 2 spiro atoms. The van der Waals surface area contributed by atoms with E-state index < -0.39 is 17.0 Å². The maximum absolute atomic E-state index is 8.09. The molecule has 0 saturated heterocycles. The van der Waals surface area contributed by atoms with Gasteiger partial charge in [0.05, 0.1) is 56.3 Å². The molecule has 2 N–H and O–H groups in total. The van der Waals surface area contributed by atoms with Gasteiger partial charge in [-0.1, -0.05) is 214 Å². The van der Waals surface area contributed by atoms with Gasteiger partial charge < -0.3 is 25.2 Å². The van der Waals surface area contributed by atoms with E-state index in [4.69, 9.17) is 49.7 Å². The minimum Gasteiger partial charge on any atom is -0.457 e. The number of nitrogens with two attached hydrogens (primary N) is 1. The van der Waals surface area contributed by atoms with Gasteiger partial charge in [0.15, 0.2) is 0 Å². The Hall–Kier alpha value is -10.2. The molecule has 0 bridgehead atoms. The Morgan fingerprint density at radius 1 is 0.440 bits per heavy atom. The normalized spacial score (nSPS) is 18.1. The zero-order chi connectivity index (χ0) is 62.0. The van der Waals surface area contributed by atoms with Crippen LogP contribution in [0.25, 0.3) is 27.8 Å². The quantitative estimate of drug-likeness (QED) is 0.173. The molecule has 17 rings (SSSR count). The molecule has 6 nitrogen and oxygen atoms in total. The molecular formula is C80H56B5N5O. The van der Waals surface area contributed by atoms with E-state index in [1.165, 1.54) is 5.56 Å². The van der Waals surface area contributed by atoms with Crippen LogP contribution in [0.15, 0.2) is 260 Å². The van der Waals surface area contributed by atoms with Crippen LogP contribution in [0.4, 0.5) is 51.2 Å². The summed E-state index contributed by atoms with van der Waals surface area (Å²) in [6.07, 6.45) is 6.00. The first kappa shape index (κ1) is 54.9. The van der Waals surface area contributed by atoms with Gasteiger partial charge in [-0.15, -0.1) is 16.4 Å². The molecule has 6 aliphatic rings. The first-order valence-corrected chi connectivity index (χ1v) is 31.0. The largest absolute Gasteiger partial charge is 0.457 e. The second kappa shape index (κ2) is 19.9. The SMILES string of the molecule is [B]c1c([B])c([B])c(C2=C(C)/C=C(\N)N3c4ccccc4C4(c5ccccc5N(c5ccc(C(C)(C)C)cc5)c5ccccc54)c4ccc5c(c43)C3(C=C2)c2c(cccc2N2c4ccccc4N(c4c(-c6ccccc6)cccc4-c4ccccc4)C23)O5)c([B])c1[B]. The zero-order valence-corrected chi connectivity index (χ0v) is 50.9. The van der Waals surface area contributed by atoms with Gasteiger partial charge in [0.25, 0.3) is 0 Å². The lowest BCUT2D eigenvalue weighted by Gasteiger charge is -2.53. The van der Waals surface area contributed by atoms with Crippen molar-refractivity contribution in [2.75, 3.05) is 19.6 Å². The summed E-state index contributed by atoms with van der Waals surface area (Å²) in [5, 5.41) is 0. The smallest absolute Gasteiger partial charge is 0.134 e. The lowest BCUT2D eigenvalue weighted by molar-refractivity contribution is 0.409. The fraction of sp³-hybridized carbons (Fsp3) is 0.100. The Kier molecular flexibility index (Phi) is 12.0. The minimum absolute atomic E-state index is 0.0337. The summed E-state index contributed by atoms with van der Waals surface area (Å²) in [5.41, 5.74) is 29.5. The number of hydrogen-bond donors (Lipinski definition) is 1. The summed E-state index contributed by atoms with van der Waals surface area (Å²) in [5.74, 6) is 1.85. The number of nitrogens with zero attached hydrogens (tertiary/aromatic N) is 4. The molecule has 91 heavy (non-hydrogen) atoms. The molecule has 11 aromatic rings. The van der Waals surface area contributed by atoms with Crippen LogP contribution in [-0.2, 0) is 16.2 Å². The summed E-state index contributed by atoms with van der Waals surface area (Å²) in [7, 11) is 34.8. The Morgan fingerprint density at radius 3 is 1.49 bits per heavy atom. The summed E-state index contributed by atoms with van der Waals surface area (Å²) in [6, 6.07) is 83.8. The molecule has 10 radical (unpaired) electrons. The number of allylic oxidation sites excluding steroid dienone is 4. The standard InChI is InChI=1S/C80H56B5N5O/c1-46-45-66(86)89-60-32-16-13-29-56(60)80(54-27-11-14-30-58(54)87(59-31-15-12-28-55(59)80)50-39-37-49(38-40-50)78(2,3)4)57-41-42-65-69(76(57)89)79(44-43-51(46)67-70(81)72(83)74(85)73(84)71(67)82)68-63(35-20-36-64(68)91-65)88-61-33-17-18-34-62(61)90(77(79)88)75-52(47-21-7-5-8-22-47)25-19-26-53(75)48-23-9-6-10-24-48/h5-45,77H,86H2,1-4H3/b44-43?,51-46?,66-45+. The van der Waals surface area contributed by atoms with Crippen molar-refractivity contribution in [1.82, 2.24) is 0 Å². The number of hydrogen-bond acceptors (Lipinski definition) is 6. The van der Waals surface area contributed by atoms with E-state index in [0.717, 1.165) is 118 Å². The van der Waals surface area contributed by atoms with Gasteiger partial charge in [0, 0.05) is 27.9 Å². The molecule has 0 fully saturated rings. The summed E-state index contributed by atoms with van der Waals surface area (Å²) in [4.78, 5) is 9.88. The fourth-order valence-corrected chi connectivity index (χ4v) is 16.1. The van der Waals surface area contributed by atoms with Crippen molar-refractivity contribution in [3.63, 3.8) is 0 Å². The van der Waals surface area contributed by atoms with Crippen LogP contribution in [0.5, 0.6) is 11.5 Å². The maximum atomic E-state index is 8.09. The highest BCUT2D eigenvalue weighted by Gasteiger charge is 2.65. The predicted molar refractivity (Wildman–Crippen MR) is 380 cm³/mol. The number of para-hydroxylation sites is 6. The highest BCUT2D eigenvalue weighted by Crippen LogP contribution is 2.72. The highest BCUT2D eigenvalue weighted by molar-refractivity contribution is 6.68. The predicted octanol–water partition coefficient (Wildman–Crippen LogP) is 13.8. The molecule has 11 aromatic carbocycles. The molecule has 11 heteroatoms. The number of fused-ring (bicyclic) bond motifs is 12. The third-order valence-electron chi connectivity index (χ3n) is 20.0. The molecule has 6 heterocycles. The van der Waals surface area contributed by atoms with Crippen molar-refractivity contribution in [3.8, 4) is 33.8 Å². The van der Waals surface area contributed by atoms with E-state index in [-0.39, 0.29) is 32.7 Å². The van der Waals surface area contributed by atoms with Crippen LogP contribution in [0.2, 0.25) is 0 Å². The zero-order valence-electron chi connectivity index (χ0n) is 50.9. The number of benzene rings is 11. The highest BCUT2D eigenvalue weighted by atomic mass is 16.5. The summed E-state index contributed by atoms with van der Waals surface area (Å²) < 4.78 is 7.62. The molecule has 0 amide bonds. The Balaban J connectivity index is 1.05. The average Bonchev–Trinajstić information content (AvgIpc) is 1.62. The van der Waals surface area contributed by atoms with Gasteiger partial charge in [0.2, 0.25) is 0 Å². The maximum Gasteiger partial charge on any atom is 0.134 e. The lowest BCUT2D eigenvalue weighted by Crippen LogP contribution is -2.56. The van der Waals surface area contributed by atoms with Crippen LogP contribution >= 0.6 is 0 Å². The van der Waals surface area contributed by atoms with Crippen molar-refractivity contribution >= 4 is 123 Å². The second-order valence-corrected chi connectivity index (χ2v) is 25.7. The first-order chi connectivity index (χ1) is 44.2. The van der Waals surface area contributed by atoms with Gasteiger partial charge >= 0.3 is 0 Å². The van der Waals surface area contributed by atoms with E-state index >= 15 is 0 Å². The van der Waals surface area contributed by atoms with Crippen LogP contribution in [0.3, 0.4) is 0 Å². The summed E-state index contributed by atoms with van der Waals surface area (Å²) >= 11 is 0. The van der Waals surface area contributed by atoms with Gasteiger partial charge in [-0.3, -0.25) is 4.90 Å². The number of ether oxygens (including phenoxy) is 1. The Bertz CT molecular complexity index is 4900. The van der Waals surface area contributed by atoms with Crippen molar-refractivity contribution in [1.29, 1.82) is 0 Å². The van der Waals surface area contributed by atoms with Gasteiger partial charge in [0.1, 0.15) is 62.7 Å². The Labute approximate surface area is 538 Å². The van der Waals surface area contributed by atoms with E-state index in [1.54, 1.807) is 0 Å². The van der Waals surface area contributed by atoms with E-state index in [2.05, 4.69) is 283 Å². The molecular weight excluding hydrogens is 1100 g/mol. The fourth-order valence-electron chi connectivity index (χ4n) is 16.1. The molecule has 0 saturated carbocycles. The van der Waals surface area contributed by atoms with Crippen LogP contribution in [-0.4, -0.2) is 45.4 Å². The summed E-state index contributed by atoms with van der Waals surface area (Å²) in [6.45, 7) is 8.83. The third-order valence-corrected chi connectivity index (χ3v) is 20.0. The lowest BCUT2D eigenvalue weighted by atomic mass is 9.58. The number of rotatable bonds is 5. The van der Waals surface area contributed by atoms with Gasteiger partial charge in [-0.05, 0) is 135 Å². The second-order valence-electron chi connectivity index (χ2n) is 25.7. The molecule has 6 aliphatic heterocycles. The van der Waals surface area contributed by atoms with E-state index in [1.807, 2.05) is 13.0 Å².